The van der Waals surface area contributed by atoms with Crippen molar-refractivity contribution in [2.24, 2.45) is 0 Å². The summed E-state index contributed by atoms with van der Waals surface area (Å²) in [6.45, 7) is 1.39. The van der Waals surface area contributed by atoms with E-state index in [-0.39, 0.29) is 11.5 Å². The maximum atomic E-state index is 13.7. The average Bonchev–Trinajstić information content (AvgIpc) is 2.13. The van der Waals surface area contributed by atoms with Crippen molar-refractivity contribution < 1.29 is 9.18 Å². The van der Waals surface area contributed by atoms with Crippen LogP contribution in [0, 0.1) is 0 Å². The van der Waals surface area contributed by atoms with Crippen LogP contribution < -0.4 is 0 Å². The number of rotatable bonds is 0. The molecule has 13 heavy (non-hydrogen) atoms. The molecule has 1 unspecified atom stereocenters. The number of aromatic nitrogens is 1. The largest absolute Gasteiger partial charge is 0.289 e. The lowest BCUT2D eigenvalue weighted by Gasteiger charge is -2.20. The van der Waals surface area contributed by atoms with Crippen LogP contribution >= 0.6 is 0 Å². The highest BCUT2D eigenvalue weighted by Gasteiger charge is 2.32. The number of pyridine rings is 1. The summed E-state index contributed by atoms with van der Waals surface area (Å²) >= 11 is 0. The van der Waals surface area contributed by atoms with E-state index >= 15 is 0 Å². The Balaban J connectivity index is 2.68. The molecule has 1 aromatic rings. The molecule has 2 nitrogen and oxygen atoms in total. The van der Waals surface area contributed by atoms with E-state index in [1.54, 1.807) is 12.1 Å². The molecule has 2 rings (SSSR count). The number of hydrogen-bond acceptors (Lipinski definition) is 2. The van der Waals surface area contributed by atoms with Crippen LogP contribution in [0.25, 0.3) is 0 Å². The van der Waals surface area contributed by atoms with Crippen LogP contribution in [0.1, 0.15) is 23.0 Å². The van der Waals surface area contributed by atoms with Crippen LogP contribution in [-0.2, 0) is 5.67 Å². The predicted molar refractivity (Wildman–Crippen MR) is 46.2 cm³/mol. The van der Waals surface area contributed by atoms with Gasteiger partial charge in [0, 0.05) is 11.8 Å². The Hall–Kier alpha value is -1.51. The topological polar surface area (TPSA) is 30.0 Å². The first kappa shape index (κ1) is 8.10. The maximum Gasteiger partial charge on any atom is 0.187 e. The van der Waals surface area contributed by atoms with Crippen molar-refractivity contribution in [3.8, 4) is 0 Å². The van der Waals surface area contributed by atoms with Crippen molar-refractivity contribution in [3.63, 3.8) is 0 Å². The molecule has 0 spiro atoms. The summed E-state index contributed by atoms with van der Waals surface area (Å²) in [5.41, 5.74) is -1.05. The fourth-order valence-corrected chi connectivity index (χ4v) is 1.39. The molecule has 1 aliphatic carbocycles. The maximum absolute atomic E-state index is 13.7. The molecule has 0 fully saturated rings. The second-order valence-electron chi connectivity index (χ2n) is 3.17. The minimum atomic E-state index is -1.62. The lowest BCUT2D eigenvalue weighted by molar-refractivity contribution is 0.103. The average molecular weight is 177 g/mol. The third-order valence-corrected chi connectivity index (χ3v) is 2.08. The van der Waals surface area contributed by atoms with Crippen molar-refractivity contribution in [3.05, 3.63) is 41.7 Å². The fourth-order valence-electron chi connectivity index (χ4n) is 1.39. The smallest absolute Gasteiger partial charge is 0.187 e. The summed E-state index contributed by atoms with van der Waals surface area (Å²) in [6.07, 6.45) is 3.98. The number of nitrogens with zero attached hydrogens (tertiary/aromatic N) is 1. The van der Waals surface area contributed by atoms with Gasteiger partial charge >= 0.3 is 0 Å². The van der Waals surface area contributed by atoms with Crippen LogP contribution in [0.2, 0.25) is 0 Å². The van der Waals surface area contributed by atoms with Crippen LogP contribution in [-0.4, -0.2) is 10.8 Å². The van der Waals surface area contributed by atoms with Crippen LogP contribution in [0.5, 0.6) is 0 Å². The molecular formula is C10H8FNO. The Labute approximate surface area is 75.1 Å². The van der Waals surface area contributed by atoms with Crippen LogP contribution in [0.3, 0.4) is 0 Å². The number of allylic oxidation sites excluding steroid dienone is 2. The molecule has 0 saturated heterocycles. The first-order chi connectivity index (χ1) is 6.11. The minimum absolute atomic E-state index is 0.182. The molecule has 1 atom stereocenters. The third-order valence-electron chi connectivity index (χ3n) is 2.08. The summed E-state index contributed by atoms with van der Waals surface area (Å²) in [6, 6.07) is 3.22. The molecule has 0 aromatic carbocycles. The summed E-state index contributed by atoms with van der Waals surface area (Å²) < 4.78 is 13.7. The van der Waals surface area contributed by atoms with E-state index < -0.39 is 5.67 Å². The first-order valence-electron chi connectivity index (χ1n) is 3.99. The molecule has 1 aliphatic rings. The molecule has 1 aromatic heterocycles. The van der Waals surface area contributed by atoms with E-state index in [9.17, 15) is 9.18 Å². The molecule has 0 N–H and O–H groups in total. The molecule has 3 heteroatoms. The summed E-state index contributed by atoms with van der Waals surface area (Å²) in [5, 5.41) is 0. The molecule has 66 valence electrons. The van der Waals surface area contributed by atoms with Gasteiger partial charge in [0.2, 0.25) is 0 Å². The Morgan fingerprint density at radius 2 is 2.31 bits per heavy atom. The van der Waals surface area contributed by atoms with Crippen molar-refractivity contribution in [1.82, 2.24) is 4.98 Å². The van der Waals surface area contributed by atoms with Crippen LogP contribution in [0.15, 0.2) is 30.5 Å². The molecule has 0 bridgehead atoms. The number of hydrogen-bond donors (Lipinski definition) is 0. The molecule has 1 heterocycles. The molecule has 0 aliphatic heterocycles. The molecule has 0 amide bonds. The van der Waals surface area contributed by atoms with Gasteiger partial charge in [-0.15, -0.1) is 0 Å². The summed E-state index contributed by atoms with van der Waals surface area (Å²) in [4.78, 5) is 15.2. The van der Waals surface area contributed by atoms with Gasteiger partial charge in [0.25, 0.3) is 0 Å². The van der Waals surface area contributed by atoms with Gasteiger partial charge in [-0.3, -0.25) is 9.78 Å². The predicted octanol–water partition coefficient (Wildman–Crippen LogP) is 2.02. The first-order valence-corrected chi connectivity index (χ1v) is 3.99. The van der Waals surface area contributed by atoms with Gasteiger partial charge in [-0.25, -0.2) is 4.39 Å². The summed E-state index contributed by atoms with van der Waals surface area (Å²) in [5.74, 6) is -0.182. The Morgan fingerprint density at radius 1 is 1.54 bits per heavy atom. The monoisotopic (exact) mass is 177 g/mol. The van der Waals surface area contributed by atoms with Gasteiger partial charge in [-0.1, -0.05) is 0 Å². The highest BCUT2D eigenvalue weighted by atomic mass is 19.1. The van der Waals surface area contributed by atoms with Gasteiger partial charge in [0.05, 0.1) is 5.69 Å². The standard InChI is InChI=1S/C10H8FNO/c1-10(11)5-4-8(13)7-3-2-6-12-9(7)10/h2-6H,1H3. The van der Waals surface area contributed by atoms with Gasteiger partial charge in [-0.05, 0) is 31.2 Å². The van der Waals surface area contributed by atoms with Gasteiger partial charge < -0.3 is 0 Å². The summed E-state index contributed by atoms with van der Waals surface area (Å²) in [7, 11) is 0. The van der Waals surface area contributed by atoms with Crippen LogP contribution in [0.4, 0.5) is 4.39 Å². The molecule has 0 radical (unpaired) electrons. The van der Waals surface area contributed by atoms with Gasteiger partial charge in [0.1, 0.15) is 0 Å². The van der Waals surface area contributed by atoms with Crippen molar-refractivity contribution in [2.75, 3.05) is 0 Å². The molecular weight excluding hydrogens is 169 g/mol. The Kier molecular flexibility index (Phi) is 1.55. The normalized spacial score (nSPS) is 25.8. The quantitative estimate of drug-likeness (QED) is 0.606. The fraction of sp³-hybridized carbons (Fsp3) is 0.200. The van der Waals surface area contributed by atoms with Gasteiger partial charge in [0.15, 0.2) is 11.5 Å². The molecule has 0 saturated carbocycles. The zero-order valence-corrected chi connectivity index (χ0v) is 7.12. The Morgan fingerprint density at radius 3 is 3.00 bits per heavy atom. The van der Waals surface area contributed by atoms with E-state index in [4.69, 9.17) is 0 Å². The number of carbonyl (C=O) groups excluding carboxylic acids is 1. The number of fused-ring (bicyclic) bond motifs is 1. The zero-order valence-electron chi connectivity index (χ0n) is 7.12. The second kappa shape index (κ2) is 2.49. The SMILES string of the molecule is CC1(F)C=CC(=O)c2cccnc21. The lowest BCUT2D eigenvalue weighted by Crippen LogP contribution is -2.22. The second-order valence-corrected chi connectivity index (χ2v) is 3.17. The highest BCUT2D eigenvalue weighted by molar-refractivity contribution is 6.06. The Bertz CT molecular complexity index is 396. The van der Waals surface area contributed by atoms with Gasteiger partial charge in [-0.2, -0.15) is 0 Å². The van der Waals surface area contributed by atoms with E-state index in [1.807, 2.05) is 0 Å². The third kappa shape index (κ3) is 1.16. The number of alkyl halides is 1. The lowest BCUT2D eigenvalue weighted by atomic mass is 9.91. The van der Waals surface area contributed by atoms with Crippen molar-refractivity contribution in [2.45, 2.75) is 12.6 Å². The van der Waals surface area contributed by atoms with E-state index in [0.717, 1.165) is 0 Å². The number of carbonyl (C=O) groups is 1. The minimum Gasteiger partial charge on any atom is -0.289 e. The highest BCUT2D eigenvalue weighted by Crippen LogP contribution is 2.31. The van der Waals surface area contributed by atoms with E-state index in [2.05, 4.69) is 4.98 Å². The van der Waals surface area contributed by atoms with Crippen molar-refractivity contribution >= 4 is 5.78 Å². The van der Waals surface area contributed by atoms with E-state index in [1.165, 1.54) is 25.3 Å². The van der Waals surface area contributed by atoms with E-state index in [0.29, 0.717) is 5.56 Å². The number of ketones is 1. The van der Waals surface area contributed by atoms with Crippen molar-refractivity contribution in [1.29, 1.82) is 0 Å². The number of halogens is 1. The zero-order chi connectivity index (χ0) is 9.47.